The molecule has 0 aliphatic heterocycles. The van der Waals surface area contributed by atoms with Crippen LogP contribution in [-0.4, -0.2) is 28.6 Å². The molecule has 5 heteroatoms. The molecule has 16 heavy (non-hydrogen) atoms. The smallest absolute Gasteiger partial charge is 0.337 e. The van der Waals surface area contributed by atoms with E-state index in [2.05, 4.69) is 9.72 Å². The van der Waals surface area contributed by atoms with Gasteiger partial charge in [0.2, 0.25) is 0 Å². The Bertz CT molecular complexity index is 408. The molecule has 5 nitrogen and oxygen atoms in total. The highest BCUT2D eigenvalue weighted by Gasteiger charge is 2.01. The van der Waals surface area contributed by atoms with Crippen molar-refractivity contribution in [2.75, 3.05) is 6.61 Å². The zero-order valence-corrected chi connectivity index (χ0v) is 8.71. The Kier molecular flexibility index (Phi) is 4.20. The van der Waals surface area contributed by atoms with E-state index < -0.39 is 11.9 Å². The molecule has 0 spiro atoms. The summed E-state index contributed by atoms with van der Waals surface area (Å²) in [6.07, 6.45) is 3.93. The second-order valence-corrected chi connectivity index (χ2v) is 2.86. The number of aromatic nitrogens is 1. The first-order chi connectivity index (χ1) is 7.63. The highest BCUT2D eigenvalue weighted by Crippen LogP contribution is 2.02. The Balaban J connectivity index is 2.68. The molecule has 0 fully saturated rings. The van der Waals surface area contributed by atoms with Gasteiger partial charge in [0.15, 0.2) is 0 Å². The van der Waals surface area contributed by atoms with Crippen molar-refractivity contribution in [1.29, 1.82) is 0 Å². The fourth-order valence-corrected chi connectivity index (χ4v) is 0.974. The van der Waals surface area contributed by atoms with Crippen molar-refractivity contribution in [3.8, 4) is 0 Å². The third-order valence-electron chi connectivity index (χ3n) is 1.71. The van der Waals surface area contributed by atoms with E-state index >= 15 is 0 Å². The first-order valence-electron chi connectivity index (χ1n) is 4.67. The van der Waals surface area contributed by atoms with Crippen LogP contribution in [0.25, 0.3) is 6.08 Å². The summed E-state index contributed by atoms with van der Waals surface area (Å²) in [5, 5.41) is 8.63. The summed E-state index contributed by atoms with van der Waals surface area (Å²) in [7, 11) is 0. The Morgan fingerprint density at radius 3 is 2.75 bits per heavy atom. The van der Waals surface area contributed by atoms with Crippen molar-refractivity contribution in [2.24, 2.45) is 0 Å². The second-order valence-electron chi connectivity index (χ2n) is 2.86. The van der Waals surface area contributed by atoms with Crippen LogP contribution < -0.4 is 0 Å². The minimum absolute atomic E-state index is 0.105. The lowest BCUT2D eigenvalue weighted by molar-refractivity contribution is -0.137. The predicted octanol–water partition coefficient (Wildman–Crippen LogP) is 1.36. The van der Waals surface area contributed by atoms with Gasteiger partial charge in [-0.25, -0.2) is 9.59 Å². The van der Waals surface area contributed by atoms with Gasteiger partial charge in [0.05, 0.1) is 17.9 Å². The number of ether oxygens (including phenoxy) is 1. The normalized spacial score (nSPS) is 10.3. The topological polar surface area (TPSA) is 76.5 Å². The van der Waals surface area contributed by atoms with Crippen LogP contribution in [0, 0.1) is 0 Å². The Labute approximate surface area is 92.4 Å². The Hall–Kier alpha value is -2.17. The monoisotopic (exact) mass is 221 g/mol. The zero-order valence-electron chi connectivity index (χ0n) is 8.71. The molecule has 0 aliphatic rings. The highest BCUT2D eigenvalue weighted by molar-refractivity contribution is 5.88. The van der Waals surface area contributed by atoms with Crippen LogP contribution in [0.2, 0.25) is 0 Å². The number of esters is 1. The van der Waals surface area contributed by atoms with Crippen molar-refractivity contribution in [1.82, 2.24) is 4.98 Å². The molecule has 1 aromatic heterocycles. The standard InChI is InChI=1S/C11H11NO4/c1-2-16-10(13)6-5-9-4-3-8(7-12-9)11(14)15/h3-7H,2H2,1H3,(H,14,15). The van der Waals surface area contributed by atoms with Gasteiger partial charge in [-0.15, -0.1) is 0 Å². The molecular weight excluding hydrogens is 210 g/mol. The van der Waals surface area contributed by atoms with Crippen LogP contribution in [0.5, 0.6) is 0 Å². The summed E-state index contributed by atoms with van der Waals surface area (Å²) in [4.78, 5) is 25.3. The van der Waals surface area contributed by atoms with E-state index in [4.69, 9.17) is 5.11 Å². The van der Waals surface area contributed by atoms with E-state index in [1.54, 1.807) is 6.92 Å². The van der Waals surface area contributed by atoms with Gasteiger partial charge in [-0.3, -0.25) is 4.98 Å². The third kappa shape index (κ3) is 3.53. The first kappa shape index (κ1) is 11.9. The van der Waals surface area contributed by atoms with Crippen LogP contribution in [0.3, 0.4) is 0 Å². The van der Waals surface area contributed by atoms with Gasteiger partial charge in [0, 0.05) is 12.3 Å². The predicted molar refractivity (Wildman–Crippen MR) is 56.9 cm³/mol. The lowest BCUT2D eigenvalue weighted by atomic mass is 10.2. The number of hydrogen-bond donors (Lipinski definition) is 1. The lowest BCUT2D eigenvalue weighted by Gasteiger charge is -1.96. The number of carboxylic acid groups (broad SMARTS) is 1. The fourth-order valence-electron chi connectivity index (χ4n) is 0.974. The number of rotatable bonds is 4. The van der Waals surface area contributed by atoms with E-state index in [-0.39, 0.29) is 5.56 Å². The van der Waals surface area contributed by atoms with Crippen molar-refractivity contribution < 1.29 is 19.4 Å². The molecule has 0 unspecified atom stereocenters. The number of hydrogen-bond acceptors (Lipinski definition) is 4. The van der Waals surface area contributed by atoms with E-state index in [9.17, 15) is 9.59 Å². The summed E-state index contributed by atoms with van der Waals surface area (Å²) in [6.45, 7) is 2.03. The summed E-state index contributed by atoms with van der Waals surface area (Å²) < 4.78 is 4.68. The van der Waals surface area contributed by atoms with Gasteiger partial charge in [-0.2, -0.15) is 0 Å². The second kappa shape index (κ2) is 5.65. The molecule has 0 radical (unpaired) electrons. The molecule has 0 atom stereocenters. The molecule has 84 valence electrons. The SMILES string of the molecule is CCOC(=O)C=Cc1ccc(C(=O)O)cn1. The molecule has 1 aromatic rings. The molecule has 0 amide bonds. The van der Waals surface area contributed by atoms with Gasteiger partial charge in [-0.1, -0.05) is 0 Å². The number of carboxylic acids is 1. The van der Waals surface area contributed by atoms with Crippen molar-refractivity contribution in [3.05, 3.63) is 35.7 Å². The zero-order chi connectivity index (χ0) is 12.0. The highest BCUT2D eigenvalue weighted by atomic mass is 16.5. The molecule has 0 bridgehead atoms. The molecule has 0 saturated carbocycles. The number of carbonyl (C=O) groups excluding carboxylic acids is 1. The summed E-state index contributed by atoms with van der Waals surface area (Å²) in [5.74, 6) is -1.49. The fraction of sp³-hybridized carbons (Fsp3) is 0.182. The number of nitrogens with zero attached hydrogens (tertiary/aromatic N) is 1. The molecule has 1 N–H and O–H groups in total. The Morgan fingerprint density at radius 1 is 1.50 bits per heavy atom. The van der Waals surface area contributed by atoms with Crippen molar-refractivity contribution in [2.45, 2.75) is 6.92 Å². The van der Waals surface area contributed by atoms with Gasteiger partial charge >= 0.3 is 11.9 Å². The summed E-state index contributed by atoms with van der Waals surface area (Å²) >= 11 is 0. The first-order valence-corrected chi connectivity index (χ1v) is 4.67. The van der Waals surface area contributed by atoms with Crippen LogP contribution in [0.15, 0.2) is 24.4 Å². The molecule has 0 saturated heterocycles. The number of aromatic carboxylic acids is 1. The average molecular weight is 221 g/mol. The van der Waals surface area contributed by atoms with Gasteiger partial charge in [0.25, 0.3) is 0 Å². The quantitative estimate of drug-likeness (QED) is 0.613. The van der Waals surface area contributed by atoms with Crippen LogP contribution >= 0.6 is 0 Å². The van der Waals surface area contributed by atoms with E-state index in [0.717, 1.165) is 0 Å². The van der Waals surface area contributed by atoms with Gasteiger partial charge in [-0.05, 0) is 25.1 Å². The minimum Gasteiger partial charge on any atom is -0.478 e. The maximum Gasteiger partial charge on any atom is 0.337 e. The van der Waals surface area contributed by atoms with Crippen LogP contribution in [0.1, 0.15) is 23.0 Å². The summed E-state index contributed by atoms with van der Waals surface area (Å²) in [6, 6.07) is 2.93. The van der Waals surface area contributed by atoms with Gasteiger partial charge < -0.3 is 9.84 Å². The maximum atomic E-state index is 11.0. The molecule has 1 heterocycles. The largest absolute Gasteiger partial charge is 0.478 e. The minimum atomic E-state index is -1.03. The third-order valence-corrected chi connectivity index (χ3v) is 1.71. The molecule has 0 aromatic carbocycles. The summed E-state index contributed by atoms with van der Waals surface area (Å²) in [5.41, 5.74) is 0.603. The van der Waals surface area contributed by atoms with Gasteiger partial charge in [0.1, 0.15) is 0 Å². The average Bonchev–Trinajstić information content (AvgIpc) is 2.27. The van der Waals surface area contributed by atoms with E-state index in [1.807, 2.05) is 0 Å². The van der Waals surface area contributed by atoms with E-state index in [1.165, 1.54) is 30.5 Å². The molecule has 0 aliphatic carbocycles. The van der Waals surface area contributed by atoms with Crippen molar-refractivity contribution >= 4 is 18.0 Å². The molecular formula is C11H11NO4. The van der Waals surface area contributed by atoms with Crippen molar-refractivity contribution in [3.63, 3.8) is 0 Å². The lowest BCUT2D eigenvalue weighted by Crippen LogP contribution is -1.99. The molecule has 1 rings (SSSR count). The Morgan fingerprint density at radius 2 is 2.25 bits per heavy atom. The maximum absolute atomic E-state index is 11.0. The van der Waals surface area contributed by atoms with Crippen LogP contribution in [-0.2, 0) is 9.53 Å². The van der Waals surface area contributed by atoms with E-state index in [0.29, 0.717) is 12.3 Å². The number of pyridine rings is 1. The number of carbonyl (C=O) groups is 2. The van der Waals surface area contributed by atoms with Crippen LogP contribution in [0.4, 0.5) is 0 Å².